The molecule has 0 spiro atoms. The van der Waals surface area contributed by atoms with Crippen LogP contribution >= 0.6 is 0 Å². The summed E-state index contributed by atoms with van der Waals surface area (Å²) in [6.45, 7) is 3.03. The molecule has 2 nitrogen and oxygen atoms in total. The van der Waals surface area contributed by atoms with Crippen molar-refractivity contribution in [3.8, 4) is 0 Å². The Bertz CT molecular complexity index is 376. The summed E-state index contributed by atoms with van der Waals surface area (Å²) in [6.07, 6.45) is 0. The first-order valence-corrected chi connectivity index (χ1v) is 4.43. The highest BCUT2D eigenvalue weighted by molar-refractivity contribution is 6.01. The molecule has 0 aromatic heterocycles. The smallest absolute Gasteiger partial charge is 0.137 e. The number of rotatable bonds is 1. The van der Waals surface area contributed by atoms with Crippen molar-refractivity contribution in [3.63, 3.8) is 0 Å². The number of hydrogen-bond acceptors (Lipinski definition) is 2. The average molecular weight is 196 g/mol. The Morgan fingerprint density at radius 3 is 2.71 bits per heavy atom. The van der Waals surface area contributed by atoms with Crippen LogP contribution in [-0.2, 0) is 0 Å². The molecule has 1 aromatic carbocycles. The molecule has 0 atom stereocenters. The van der Waals surface area contributed by atoms with Crippen LogP contribution in [0.1, 0.15) is 11.1 Å². The van der Waals surface area contributed by atoms with Crippen molar-refractivity contribution in [1.29, 1.82) is 0 Å². The van der Waals surface area contributed by atoms with Crippen LogP contribution in [0.4, 0.5) is 8.78 Å². The monoisotopic (exact) mass is 196 g/mol. The van der Waals surface area contributed by atoms with Gasteiger partial charge in [0.05, 0.1) is 12.1 Å². The molecule has 2 rings (SSSR count). The number of amidine groups is 1. The molecule has 1 N–H and O–H groups in total. The second-order valence-corrected chi connectivity index (χ2v) is 3.24. The molecule has 0 saturated heterocycles. The molecule has 14 heavy (non-hydrogen) atoms. The number of halogens is 2. The highest BCUT2D eigenvalue weighted by Crippen LogP contribution is 2.16. The Morgan fingerprint density at radius 2 is 2.14 bits per heavy atom. The molecular weight excluding hydrogens is 186 g/mol. The maximum Gasteiger partial charge on any atom is 0.137 e. The standard InChI is InChI=1S/C10H10F2N2/c1-6-4-7(11)5-8(12)9(6)10-13-2-3-14-10/h4-5H,2-3H2,1H3,(H,13,14). The number of aliphatic imine (C=N–C) groups is 1. The Morgan fingerprint density at radius 1 is 1.36 bits per heavy atom. The summed E-state index contributed by atoms with van der Waals surface area (Å²) in [7, 11) is 0. The third-order valence-electron chi connectivity index (χ3n) is 2.16. The fraction of sp³-hybridized carbons (Fsp3) is 0.300. The number of nitrogens with one attached hydrogen (secondary N) is 1. The van der Waals surface area contributed by atoms with Crippen LogP contribution in [0.3, 0.4) is 0 Å². The molecule has 4 heteroatoms. The minimum absolute atomic E-state index is 0.379. The lowest BCUT2D eigenvalue weighted by molar-refractivity contribution is 0.579. The van der Waals surface area contributed by atoms with E-state index in [1.165, 1.54) is 6.07 Å². The minimum Gasteiger partial charge on any atom is -0.368 e. The van der Waals surface area contributed by atoms with Gasteiger partial charge in [-0.05, 0) is 18.6 Å². The van der Waals surface area contributed by atoms with Crippen molar-refractivity contribution < 1.29 is 8.78 Å². The van der Waals surface area contributed by atoms with Gasteiger partial charge in [0, 0.05) is 12.6 Å². The third kappa shape index (κ3) is 1.47. The number of aryl methyl sites for hydroxylation is 1. The second kappa shape index (κ2) is 3.36. The van der Waals surface area contributed by atoms with Gasteiger partial charge in [0.2, 0.25) is 0 Å². The van der Waals surface area contributed by atoms with Crippen molar-refractivity contribution in [1.82, 2.24) is 5.32 Å². The van der Waals surface area contributed by atoms with Gasteiger partial charge in [-0.15, -0.1) is 0 Å². The van der Waals surface area contributed by atoms with Crippen LogP contribution in [0.5, 0.6) is 0 Å². The van der Waals surface area contributed by atoms with Gasteiger partial charge in [-0.1, -0.05) is 0 Å². The number of hydrogen-bond donors (Lipinski definition) is 1. The molecule has 74 valence electrons. The predicted octanol–water partition coefficient (Wildman–Crippen LogP) is 1.62. The molecule has 1 aromatic rings. The summed E-state index contributed by atoms with van der Waals surface area (Å²) in [4.78, 5) is 4.10. The van der Waals surface area contributed by atoms with E-state index in [2.05, 4.69) is 10.3 Å². The molecule has 0 radical (unpaired) electrons. The summed E-state index contributed by atoms with van der Waals surface area (Å²) in [5, 5.41) is 2.96. The van der Waals surface area contributed by atoms with Crippen LogP contribution in [-0.4, -0.2) is 18.9 Å². The Hall–Kier alpha value is -1.45. The first-order chi connectivity index (χ1) is 6.68. The highest BCUT2D eigenvalue weighted by atomic mass is 19.1. The second-order valence-electron chi connectivity index (χ2n) is 3.24. The van der Waals surface area contributed by atoms with Gasteiger partial charge in [-0.25, -0.2) is 8.78 Å². The molecular formula is C10H10F2N2. The van der Waals surface area contributed by atoms with Gasteiger partial charge in [-0.2, -0.15) is 0 Å². The highest BCUT2D eigenvalue weighted by Gasteiger charge is 2.16. The van der Waals surface area contributed by atoms with E-state index in [1.807, 2.05) is 0 Å². The maximum absolute atomic E-state index is 13.4. The average Bonchev–Trinajstić information content (AvgIpc) is 2.54. The molecule has 0 amide bonds. The molecule has 0 bridgehead atoms. The van der Waals surface area contributed by atoms with Gasteiger partial charge in [-0.3, -0.25) is 4.99 Å². The molecule has 1 heterocycles. The van der Waals surface area contributed by atoms with Gasteiger partial charge in [0.1, 0.15) is 17.5 Å². The van der Waals surface area contributed by atoms with Crippen LogP contribution in [0.2, 0.25) is 0 Å². The lowest BCUT2D eigenvalue weighted by atomic mass is 10.1. The normalized spacial score (nSPS) is 15.2. The maximum atomic E-state index is 13.4. The number of benzene rings is 1. The summed E-state index contributed by atoms with van der Waals surface area (Å²) in [6, 6.07) is 2.19. The van der Waals surface area contributed by atoms with Crippen LogP contribution in [0.15, 0.2) is 17.1 Å². The van der Waals surface area contributed by atoms with Crippen LogP contribution < -0.4 is 5.32 Å². The molecule has 1 aliphatic rings. The van der Waals surface area contributed by atoms with Gasteiger partial charge >= 0.3 is 0 Å². The third-order valence-corrected chi connectivity index (χ3v) is 2.16. The van der Waals surface area contributed by atoms with Crippen molar-refractivity contribution in [2.24, 2.45) is 4.99 Å². The van der Waals surface area contributed by atoms with E-state index in [0.717, 1.165) is 6.07 Å². The minimum atomic E-state index is -0.560. The summed E-state index contributed by atoms with van der Waals surface area (Å²) in [5.74, 6) is -0.585. The fourth-order valence-corrected chi connectivity index (χ4v) is 1.57. The molecule has 0 fully saturated rings. The quantitative estimate of drug-likeness (QED) is 0.725. The summed E-state index contributed by atoms with van der Waals surface area (Å²) < 4.78 is 26.2. The molecule has 0 saturated carbocycles. The Balaban J connectivity index is 2.52. The van der Waals surface area contributed by atoms with Crippen molar-refractivity contribution in [2.75, 3.05) is 13.1 Å². The van der Waals surface area contributed by atoms with Crippen molar-refractivity contribution in [3.05, 3.63) is 34.9 Å². The van der Waals surface area contributed by atoms with Gasteiger partial charge in [0.15, 0.2) is 0 Å². The zero-order chi connectivity index (χ0) is 10.1. The fourth-order valence-electron chi connectivity index (χ4n) is 1.57. The largest absolute Gasteiger partial charge is 0.368 e. The van der Waals surface area contributed by atoms with Crippen molar-refractivity contribution >= 4 is 5.84 Å². The lowest BCUT2D eigenvalue weighted by Gasteiger charge is -2.07. The first-order valence-electron chi connectivity index (χ1n) is 4.43. The van der Waals surface area contributed by atoms with Gasteiger partial charge in [0.25, 0.3) is 0 Å². The Kier molecular flexibility index (Phi) is 2.19. The molecule has 0 aliphatic carbocycles. The van der Waals surface area contributed by atoms with Crippen LogP contribution in [0.25, 0.3) is 0 Å². The van der Waals surface area contributed by atoms with E-state index in [-0.39, 0.29) is 0 Å². The van der Waals surface area contributed by atoms with Crippen LogP contribution in [0, 0.1) is 18.6 Å². The van der Waals surface area contributed by atoms with E-state index >= 15 is 0 Å². The summed E-state index contributed by atoms with van der Waals surface area (Å²) in [5.41, 5.74) is 0.944. The van der Waals surface area contributed by atoms with Gasteiger partial charge < -0.3 is 5.32 Å². The zero-order valence-corrected chi connectivity index (χ0v) is 7.77. The topological polar surface area (TPSA) is 24.4 Å². The number of nitrogens with zero attached hydrogens (tertiary/aromatic N) is 1. The summed E-state index contributed by atoms with van der Waals surface area (Å²) >= 11 is 0. The SMILES string of the molecule is Cc1cc(F)cc(F)c1C1=NCCN1. The predicted molar refractivity (Wildman–Crippen MR) is 50.5 cm³/mol. The van der Waals surface area contributed by atoms with E-state index < -0.39 is 11.6 Å². The van der Waals surface area contributed by atoms with Crippen molar-refractivity contribution in [2.45, 2.75) is 6.92 Å². The van der Waals surface area contributed by atoms with E-state index in [9.17, 15) is 8.78 Å². The van der Waals surface area contributed by atoms with E-state index in [4.69, 9.17) is 0 Å². The zero-order valence-electron chi connectivity index (χ0n) is 7.77. The van der Waals surface area contributed by atoms with E-state index in [1.54, 1.807) is 6.92 Å². The molecule has 1 aliphatic heterocycles. The molecule has 0 unspecified atom stereocenters. The first kappa shape index (κ1) is 9.12. The Labute approximate surface area is 80.7 Å². The van der Waals surface area contributed by atoms with E-state index in [0.29, 0.717) is 30.1 Å². The lowest BCUT2D eigenvalue weighted by Crippen LogP contribution is -2.21.